The van der Waals surface area contributed by atoms with Crippen LogP contribution in [0.1, 0.15) is 31.4 Å². The van der Waals surface area contributed by atoms with Crippen LogP contribution in [0.2, 0.25) is 0 Å². The van der Waals surface area contributed by atoms with Crippen LogP contribution in [0, 0.1) is 0 Å². The predicted octanol–water partition coefficient (Wildman–Crippen LogP) is 1.41. The highest BCUT2D eigenvalue weighted by Crippen LogP contribution is 2.19. The first-order valence-corrected chi connectivity index (χ1v) is 7.73. The third-order valence-electron chi connectivity index (χ3n) is 3.49. The topological polar surface area (TPSA) is 58.4 Å². The number of aliphatic hydroxyl groups excluding tert-OH is 1. The molecule has 1 saturated heterocycles. The Morgan fingerprint density at radius 2 is 2.05 bits per heavy atom. The summed E-state index contributed by atoms with van der Waals surface area (Å²) in [6.07, 6.45) is 6.35. The van der Waals surface area contributed by atoms with Crippen molar-refractivity contribution in [3.05, 3.63) is 11.9 Å². The molecule has 2 heterocycles. The average molecular weight is 283 g/mol. The quantitative estimate of drug-likeness (QED) is 0.849. The third kappa shape index (κ3) is 3.73. The fourth-order valence-electron chi connectivity index (χ4n) is 2.24. The Balaban J connectivity index is 1.86. The van der Waals surface area contributed by atoms with Gasteiger partial charge in [0.2, 0.25) is 5.91 Å². The first-order chi connectivity index (χ1) is 9.22. The van der Waals surface area contributed by atoms with Crippen LogP contribution in [-0.2, 0) is 18.4 Å². The normalized spacial score (nSPS) is 16.4. The summed E-state index contributed by atoms with van der Waals surface area (Å²) < 4.78 is 1.83. The molecule has 1 fully saturated rings. The van der Waals surface area contributed by atoms with E-state index in [0.29, 0.717) is 5.75 Å². The van der Waals surface area contributed by atoms with Crippen molar-refractivity contribution >= 4 is 17.7 Å². The Bertz CT molecular complexity index is 426. The first kappa shape index (κ1) is 14.4. The number of carbonyl (C=O) groups is 1. The minimum Gasteiger partial charge on any atom is -0.390 e. The highest BCUT2D eigenvalue weighted by Gasteiger charge is 2.16. The lowest BCUT2D eigenvalue weighted by molar-refractivity contribution is -0.128. The lowest BCUT2D eigenvalue weighted by Crippen LogP contribution is -2.33. The SMILES string of the molecule is Cn1c(CO)cnc1SCC(=O)N1CCCCCC1. The maximum absolute atomic E-state index is 12.1. The lowest BCUT2D eigenvalue weighted by atomic mass is 10.2. The Kier molecular flexibility index (Phi) is 5.27. The molecule has 6 heteroatoms. The zero-order chi connectivity index (χ0) is 13.7. The van der Waals surface area contributed by atoms with Crippen LogP contribution >= 0.6 is 11.8 Å². The van der Waals surface area contributed by atoms with E-state index in [1.165, 1.54) is 24.6 Å². The van der Waals surface area contributed by atoms with Crippen LogP contribution < -0.4 is 0 Å². The molecule has 1 amide bonds. The van der Waals surface area contributed by atoms with E-state index in [0.717, 1.165) is 36.8 Å². The number of aromatic nitrogens is 2. The molecule has 1 aliphatic rings. The minimum absolute atomic E-state index is 0.0237. The maximum atomic E-state index is 12.1. The Morgan fingerprint density at radius 1 is 1.37 bits per heavy atom. The molecule has 1 aromatic rings. The second kappa shape index (κ2) is 6.96. The van der Waals surface area contributed by atoms with Gasteiger partial charge in [0.15, 0.2) is 5.16 Å². The molecular weight excluding hydrogens is 262 g/mol. The van der Waals surface area contributed by atoms with Crippen LogP contribution in [0.3, 0.4) is 0 Å². The Morgan fingerprint density at radius 3 is 2.63 bits per heavy atom. The van der Waals surface area contributed by atoms with Gasteiger partial charge >= 0.3 is 0 Å². The van der Waals surface area contributed by atoms with E-state index < -0.39 is 0 Å². The number of amides is 1. The Labute approximate surface area is 118 Å². The van der Waals surface area contributed by atoms with Gasteiger partial charge in [0.25, 0.3) is 0 Å². The van der Waals surface area contributed by atoms with Gasteiger partial charge in [0.05, 0.1) is 24.3 Å². The van der Waals surface area contributed by atoms with Crippen LogP contribution in [0.4, 0.5) is 0 Å². The van der Waals surface area contributed by atoms with E-state index in [9.17, 15) is 4.79 Å². The summed E-state index contributed by atoms with van der Waals surface area (Å²) in [5.41, 5.74) is 0.768. The van der Waals surface area contributed by atoms with E-state index in [1.54, 1.807) is 6.20 Å². The summed E-state index contributed by atoms with van der Waals surface area (Å²) in [5, 5.41) is 9.88. The van der Waals surface area contributed by atoms with E-state index in [1.807, 2.05) is 16.5 Å². The molecule has 5 nitrogen and oxygen atoms in total. The van der Waals surface area contributed by atoms with Gasteiger partial charge in [0, 0.05) is 20.1 Å². The number of hydrogen-bond donors (Lipinski definition) is 1. The van der Waals surface area contributed by atoms with Gasteiger partial charge in [-0.25, -0.2) is 4.98 Å². The smallest absolute Gasteiger partial charge is 0.233 e. The number of likely N-dealkylation sites (tertiary alicyclic amines) is 1. The van der Waals surface area contributed by atoms with E-state index in [-0.39, 0.29) is 12.5 Å². The van der Waals surface area contributed by atoms with Gasteiger partial charge in [0.1, 0.15) is 0 Å². The number of thioether (sulfide) groups is 1. The van der Waals surface area contributed by atoms with Crippen molar-refractivity contribution in [1.82, 2.24) is 14.5 Å². The van der Waals surface area contributed by atoms with Crippen LogP contribution in [-0.4, -0.2) is 44.3 Å². The molecule has 1 aliphatic heterocycles. The summed E-state index contributed by atoms with van der Waals surface area (Å²) in [6, 6.07) is 0. The number of rotatable bonds is 4. The number of nitrogens with zero attached hydrogens (tertiary/aromatic N) is 3. The van der Waals surface area contributed by atoms with Crippen molar-refractivity contribution < 1.29 is 9.90 Å². The fraction of sp³-hybridized carbons (Fsp3) is 0.692. The molecule has 0 radical (unpaired) electrons. The van der Waals surface area contributed by atoms with Crippen molar-refractivity contribution in [2.45, 2.75) is 37.4 Å². The third-order valence-corrected chi connectivity index (χ3v) is 4.52. The highest BCUT2D eigenvalue weighted by molar-refractivity contribution is 7.99. The van der Waals surface area contributed by atoms with Crippen LogP contribution in [0.5, 0.6) is 0 Å². The van der Waals surface area contributed by atoms with Crippen molar-refractivity contribution in [3.63, 3.8) is 0 Å². The number of carbonyl (C=O) groups excluding carboxylic acids is 1. The molecule has 0 unspecified atom stereocenters. The van der Waals surface area contributed by atoms with E-state index in [2.05, 4.69) is 4.98 Å². The summed E-state index contributed by atoms with van der Waals surface area (Å²) in [5.74, 6) is 0.621. The van der Waals surface area contributed by atoms with Gasteiger partial charge in [-0.15, -0.1) is 0 Å². The molecule has 1 aromatic heterocycles. The standard InChI is InChI=1S/C13H21N3O2S/c1-15-11(9-17)8-14-13(15)19-10-12(18)16-6-4-2-3-5-7-16/h8,17H,2-7,9-10H2,1H3. The van der Waals surface area contributed by atoms with Crippen LogP contribution in [0.25, 0.3) is 0 Å². The molecule has 0 aliphatic carbocycles. The molecular formula is C13H21N3O2S. The van der Waals surface area contributed by atoms with Gasteiger partial charge in [-0.3, -0.25) is 4.79 Å². The van der Waals surface area contributed by atoms with Gasteiger partial charge in [-0.05, 0) is 12.8 Å². The van der Waals surface area contributed by atoms with Gasteiger partial charge in [-0.1, -0.05) is 24.6 Å². The summed E-state index contributed by atoms with van der Waals surface area (Å²) in [7, 11) is 1.86. The van der Waals surface area contributed by atoms with Crippen molar-refractivity contribution in [3.8, 4) is 0 Å². The summed E-state index contributed by atoms with van der Waals surface area (Å²) in [6.45, 7) is 1.76. The zero-order valence-electron chi connectivity index (χ0n) is 11.3. The molecule has 2 rings (SSSR count). The molecule has 19 heavy (non-hydrogen) atoms. The number of aliphatic hydroxyl groups is 1. The maximum Gasteiger partial charge on any atom is 0.233 e. The number of imidazole rings is 1. The lowest BCUT2D eigenvalue weighted by Gasteiger charge is -2.19. The van der Waals surface area contributed by atoms with E-state index in [4.69, 9.17) is 5.11 Å². The minimum atomic E-state index is -0.0237. The molecule has 0 saturated carbocycles. The van der Waals surface area contributed by atoms with Crippen molar-refractivity contribution in [2.75, 3.05) is 18.8 Å². The monoisotopic (exact) mass is 283 g/mol. The van der Waals surface area contributed by atoms with Crippen molar-refractivity contribution in [2.24, 2.45) is 7.05 Å². The molecule has 1 N–H and O–H groups in total. The number of hydrogen-bond acceptors (Lipinski definition) is 4. The van der Waals surface area contributed by atoms with Crippen LogP contribution in [0.15, 0.2) is 11.4 Å². The Hall–Kier alpha value is -1.01. The fourth-order valence-corrected chi connectivity index (χ4v) is 3.12. The van der Waals surface area contributed by atoms with Crippen molar-refractivity contribution in [1.29, 1.82) is 0 Å². The molecule has 0 spiro atoms. The van der Waals surface area contributed by atoms with Gasteiger partial charge < -0.3 is 14.6 Å². The summed E-state index contributed by atoms with van der Waals surface area (Å²) >= 11 is 1.44. The zero-order valence-corrected chi connectivity index (χ0v) is 12.2. The summed E-state index contributed by atoms with van der Waals surface area (Å²) in [4.78, 5) is 18.3. The molecule has 0 atom stereocenters. The van der Waals surface area contributed by atoms with Gasteiger partial charge in [-0.2, -0.15) is 0 Å². The predicted molar refractivity (Wildman–Crippen MR) is 74.9 cm³/mol. The molecule has 0 bridgehead atoms. The second-order valence-electron chi connectivity index (χ2n) is 4.83. The highest BCUT2D eigenvalue weighted by atomic mass is 32.2. The molecule has 0 aromatic carbocycles. The average Bonchev–Trinajstić information content (AvgIpc) is 2.64. The first-order valence-electron chi connectivity index (χ1n) is 6.74. The largest absolute Gasteiger partial charge is 0.390 e. The second-order valence-corrected chi connectivity index (χ2v) is 5.78. The molecule has 106 valence electrons. The van der Waals surface area contributed by atoms with E-state index >= 15 is 0 Å².